The second-order valence-electron chi connectivity index (χ2n) is 7.23. The Hall–Kier alpha value is -3.41. The molecule has 0 atom stereocenters. The number of rotatable bonds is 3. The summed E-state index contributed by atoms with van der Waals surface area (Å²) < 4.78 is 0. The van der Waals surface area contributed by atoms with Gasteiger partial charge in [0, 0.05) is 49.0 Å². The number of hydrogen-bond donors (Lipinski definition) is 1. The molecule has 2 aromatic heterocycles. The summed E-state index contributed by atoms with van der Waals surface area (Å²) in [6.45, 7) is 5.97. The minimum atomic E-state index is 0.940. The average molecular weight is 370 g/mol. The molecule has 2 aromatic carbocycles. The highest BCUT2D eigenvalue weighted by atomic mass is 15.3. The third-order valence-electron chi connectivity index (χ3n) is 5.42. The lowest BCUT2D eigenvalue weighted by atomic mass is 10.1. The van der Waals surface area contributed by atoms with Gasteiger partial charge in [0.2, 0.25) is 0 Å². The Morgan fingerprint density at radius 3 is 2.39 bits per heavy atom. The molecule has 0 radical (unpaired) electrons. The molecule has 0 bridgehead atoms. The van der Waals surface area contributed by atoms with Crippen molar-refractivity contribution in [1.82, 2.24) is 20.2 Å². The fourth-order valence-electron chi connectivity index (χ4n) is 3.82. The summed E-state index contributed by atoms with van der Waals surface area (Å²) >= 11 is 0. The number of anilines is 2. The molecule has 28 heavy (non-hydrogen) atoms. The highest BCUT2D eigenvalue weighted by Crippen LogP contribution is 2.29. The Morgan fingerprint density at radius 1 is 0.857 bits per heavy atom. The zero-order valence-corrected chi connectivity index (χ0v) is 15.8. The normalized spacial score (nSPS) is 14.6. The van der Waals surface area contributed by atoms with E-state index in [1.165, 1.54) is 11.3 Å². The fraction of sp³-hybridized carbons (Fsp3) is 0.227. The number of piperazine rings is 1. The van der Waals surface area contributed by atoms with E-state index in [4.69, 9.17) is 0 Å². The number of H-pyrrole nitrogens is 1. The van der Waals surface area contributed by atoms with E-state index in [2.05, 4.69) is 79.4 Å². The van der Waals surface area contributed by atoms with Crippen LogP contribution in [0.3, 0.4) is 0 Å². The van der Waals surface area contributed by atoms with E-state index in [-0.39, 0.29) is 0 Å². The first kappa shape index (κ1) is 16.7. The van der Waals surface area contributed by atoms with Crippen molar-refractivity contribution in [2.75, 3.05) is 36.0 Å². The zero-order valence-electron chi connectivity index (χ0n) is 15.8. The summed E-state index contributed by atoms with van der Waals surface area (Å²) in [6, 6.07) is 15.1. The third kappa shape index (κ3) is 3.07. The molecule has 5 rings (SSSR count). The largest absolute Gasteiger partial charge is 0.368 e. The number of hydrogen-bond acceptors (Lipinski definition) is 5. The van der Waals surface area contributed by atoms with Crippen LogP contribution in [0.25, 0.3) is 22.0 Å². The molecular formula is C22H22N6. The van der Waals surface area contributed by atoms with Crippen molar-refractivity contribution >= 4 is 22.4 Å². The van der Waals surface area contributed by atoms with Crippen molar-refractivity contribution in [1.29, 1.82) is 0 Å². The fourth-order valence-corrected chi connectivity index (χ4v) is 3.82. The number of aromatic nitrogens is 4. The first-order valence-corrected chi connectivity index (χ1v) is 9.58. The summed E-state index contributed by atoms with van der Waals surface area (Å²) in [5.41, 5.74) is 5.75. The van der Waals surface area contributed by atoms with Crippen molar-refractivity contribution < 1.29 is 0 Å². The van der Waals surface area contributed by atoms with Gasteiger partial charge in [-0.15, -0.1) is 0 Å². The van der Waals surface area contributed by atoms with Gasteiger partial charge in [0.1, 0.15) is 12.1 Å². The third-order valence-corrected chi connectivity index (χ3v) is 5.42. The van der Waals surface area contributed by atoms with E-state index >= 15 is 0 Å². The SMILES string of the molecule is Cc1ccc(N2CCN(c3ncnc4ccc(-c5cn[nH]c5)cc34)CC2)cc1. The Kier molecular flexibility index (Phi) is 4.16. The van der Waals surface area contributed by atoms with Crippen LogP contribution in [0.15, 0.2) is 61.2 Å². The highest BCUT2D eigenvalue weighted by Gasteiger charge is 2.20. The van der Waals surface area contributed by atoms with Crippen molar-refractivity contribution in [3.63, 3.8) is 0 Å². The Bertz CT molecular complexity index is 1080. The van der Waals surface area contributed by atoms with Gasteiger partial charge in [-0.3, -0.25) is 5.10 Å². The number of aryl methyl sites for hydroxylation is 1. The second-order valence-corrected chi connectivity index (χ2v) is 7.23. The van der Waals surface area contributed by atoms with E-state index in [0.29, 0.717) is 0 Å². The molecule has 0 amide bonds. The molecule has 3 heterocycles. The van der Waals surface area contributed by atoms with Crippen molar-refractivity contribution in [3.05, 3.63) is 66.7 Å². The first-order valence-electron chi connectivity index (χ1n) is 9.58. The highest BCUT2D eigenvalue weighted by molar-refractivity contribution is 5.92. The predicted octanol–water partition coefficient (Wildman–Crippen LogP) is 3.65. The molecule has 140 valence electrons. The molecule has 0 saturated carbocycles. The molecule has 1 aliphatic heterocycles. The maximum atomic E-state index is 4.64. The Labute approximate surface area is 163 Å². The molecule has 1 aliphatic rings. The lowest BCUT2D eigenvalue weighted by molar-refractivity contribution is 0.649. The number of benzene rings is 2. The van der Waals surface area contributed by atoms with Crippen LogP contribution in [-0.2, 0) is 0 Å². The number of aromatic amines is 1. The van der Waals surface area contributed by atoms with Gasteiger partial charge in [-0.1, -0.05) is 23.8 Å². The van der Waals surface area contributed by atoms with Crippen molar-refractivity contribution in [2.24, 2.45) is 0 Å². The summed E-state index contributed by atoms with van der Waals surface area (Å²) in [6.07, 6.45) is 5.41. The van der Waals surface area contributed by atoms with Gasteiger partial charge < -0.3 is 9.80 Å². The van der Waals surface area contributed by atoms with Crippen LogP contribution in [0.5, 0.6) is 0 Å². The van der Waals surface area contributed by atoms with E-state index in [1.54, 1.807) is 6.33 Å². The molecule has 0 spiro atoms. The molecule has 6 heteroatoms. The van der Waals surface area contributed by atoms with Crippen LogP contribution in [-0.4, -0.2) is 46.3 Å². The van der Waals surface area contributed by atoms with Crippen LogP contribution in [0.1, 0.15) is 5.56 Å². The van der Waals surface area contributed by atoms with Gasteiger partial charge in [-0.25, -0.2) is 9.97 Å². The van der Waals surface area contributed by atoms with Crippen LogP contribution in [0, 0.1) is 6.92 Å². The molecule has 1 fully saturated rings. The Morgan fingerprint density at radius 2 is 1.64 bits per heavy atom. The summed E-state index contributed by atoms with van der Waals surface area (Å²) in [5, 5.41) is 8.03. The van der Waals surface area contributed by atoms with Crippen LogP contribution in [0.4, 0.5) is 11.5 Å². The number of fused-ring (bicyclic) bond motifs is 1. The van der Waals surface area contributed by atoms with Gasteiger partial charge in [0.05, 0.1) is 11.7 Å². The van der Waals surface area contributed by atoms with Gasteiger partial charge in [0.15, 0.2) is 0 Å². The van der Waals surface area contributed by atoms with Crippen LogP contribution < -0.4 is 9.80 Å². The average Bonchev–Trinajstić information content (AvgIpc) is 3.29. The maximum Gasteiger partial charge on any atom is 0.140 e. The van der Waals surface area contributed by atoms with Crippen molar-refractivity contribution in [2.45, 2.75) is 6.92 Å². The monoisotopic (exact) mass is 370 g/mol. The molecule has 1 N–H and O–H groups in total. The topological polar surface area (TPSA) is 60.9 Å². The minimum Gasteiger partial charge on any atom is -0.368 e. The van der Waals surface area contributed by atoms with Crippen LogP contribution in [0.2, 0.25) is 0 Å². The number of nitrogens with zero attached hydrogens (tertiary/aromatic N) is 5. The number of nitrogens with one attached hydrogen (secondary N) is 1. The lowest BCUT2D eigenvalue weighted by Gasteiger charge is -2.37. The summed E-state index contributed by atoms with van der Waals surface area (Å²) in [7, 11) is 0. The van der Waals surface area contributed by atoms with E-state index in [9.17, 15) is 0 Å². The van der Waals surface area contributed by atoms with Gasteiger partial charge in [-0.2, -0.15) is 5.10 Å². The van der Waals surface area contributed by atoms with E-state index < -0.39 is 0 Å². The smallest absolute Gasteiger partial charge is 0.140 e. The Balaban J connectivity index is 1.42. The summed E-state index contributed by atoms with van der Waals surface area (Å²) in [4.78, 5) is 13.9. The van der Waals surface area contributed by atoms with Crippen LogP contribution >= 0.6 is 0 Å². The predicted molar refractivity (Wildman–Crippen MR) is 113 cm³/mol. The zero-order chi connectivity index (χ0) is 18.9. The molecule has 0 unspecified atom stereocenters. The minimum absolute atomic E-state index is 0.940. The molecule has 0 aliphatic carbocycles. The first-order chi connectivity index (χ1) is 13.8. The second kappa shape index (κ2) is 6.96. The molecule has 1 saturated heterocycles. The molecule has 4 aromatic rings. The quantitative estimate of drug-likeness (QED) is 0.596. The van der Waals surface area contributed by atoms with E-state index in [0.717, 1.165) is 54.0 Å². The van der Waals surface area contributed by atoms with Gasteiger partial charge in [0.25, 0.3) is 0 Å². The van der Waals surface area contributed by atoms with E-state index in [1.807, 2.05) is 12.4 Å². The van der Waals surface area contributed by atoms with Gasteiger partial charge in [-0.05, 0) is 36.8 Å². The maximum absolute atomic E-state index is 4.64. The standard InChI is InChI=1S/C22H22N6/c1-16-2-5-19(6-3-16)27-8-10-28(11-9-27)22-20-12-17(18-13-25-26-14-18)4-7-21(20)23-15-24-22/h2-7,12-15H,8-11H2,1H3,(H,25,26). The lowest BCUT2D eigenvalue weighted by Crippen LogP contribution is -2.46. The van der Waals surface area contributed by atoms with Gasteiger partial charge >= 0.3 is 0 Å². The summed E-state index contributed by atoms with van der Waals surface area (Å²) in [5.74, 6) is 1.01. The molecular weight excluding hydrogens is 348 g/mol. The molecule has 6 nitrogen and oxygen atoms in total. The van der Waals surface area contributed by atoms with Crippen molar-refractivity contribution in [3.8, 4) is 11.1 Å².